The minimum Gasteiger partial charge on any atom is -0.280 e. The van der Waals surface area contributed by atoms with Crippen molar-refractivity contribution in [3.63, 3.8) is 0 Å². The largest absolute Gasteiger partial charge is 0.280 e. The zero-order valence-electron chi connectivity index (χ0n) is 5.92. The third kappa shape index (κ3) is 1.93. The second-order valence-electron chi connectivity index (χ2n) is 2.66. The monoisotopic (exact) mass is 196 g/mol. The highest BCUT2D eigenvalue weighted by atomic mass is 35.5. The molecular formula is C6H9ClO3S. The third-order valence-electron chi connectivity index (χ3n) is 1.83. The van der Waals surface area contributed by atoms with E-state index >= 15 is 0 Å². The highest BCUT2D eigenvalue weighted by Crippen LogP contribution is 2.21. The molecule has 0 aromatic rings. The minimum absolute atomic E-state index is 0.107. The van der Waals surface area contributed by atoms with Crippen molar-refractivity contribution in [2.24, 2.45) is 0 Å². The fourth-order valence-electron chi connectivity index (χ4n) is 1.21. The Balaban J connectivity index is 2.85. The fraction of sp³-hybridized carbons (Fsp3) is 0.833. The molecule has 1 aliphatic heterocycles. The third-order valence-corrected chi connectivity index (χ3v) is 4.40. The highest BCUT2D eigenvalue weighted by molar-refractivity contribution is 7.93. The van der Waals surface area contributed by atoms with Crippen LogP contribution in [0.4, 0.5) is 0 Å². The van der Waals surface area contributed by atoms with Crippen LogP contribution in [0.2, 0.25) is 0 Å². The van der Waals surface area contributed by atoms with Gasteiger partial charge in [-0.1, -0.05) is 6.42 Å². The Morgan fingerprint density at radius 2 is 2.00 bits per heavy atom. The van der Waals surface area contributed by atoms with Crippen molar-refractivity contribution < 1.29 is 13.2 Å². The Kier molecular flexibility index (Phi) is 2.54. The summed E-state index contributed by atoms with van der Waals surface area (Å²) < 4.78 is 22.2. The van der Waals surface area contributed by atoms with Crippen molar-refractivity contribution in [2.75, 3.05) is 5.75 Å². The van der Waals surface area contributed by atoms with Crippen LogP contribution in [0.25, 0.3) is 0 Å². The van der Waals surface area contributed by atoms with E-state index in [9.17, 15) is 13.2 Å². The second-order valence-corrected chi connectivity index (χ2v) is 5.33. The van der Waals surface area contributed by atoms with Gasteiger partial charge in [0.1, 0.15) is 5.25 Å². The summed E-state index contributed by atoms with van der Waals surface area (Å²) in [4.78, 5) is 10.6. The van der Waals surface area contributed by atoms with Crippen LogP contribution in [-0.2, 0) is 14.6 Å². The summed E-state index contributed by atoms with van der Waals surface area (Å²) in [5.41, 5.74) is 0. The summed E-state index contributed by atoms with van der Waals surface area (Å²) in [5, 5.41) is -1.66. The molecular weight excluding hydrogens is 188 g/mol. The number of hydrogen-bond acceptors (Lipinski definition) is 3. The normalized spacial score (nSPS) is 29.7. The molecule has 0 aliphatic carbocycles. The number of sulfone groups is 1. The molecule has 0 amide bonds. The Hall–Kier alpha value is -0.0900. The molecule has 3 nitrogen and oxygen atoms in total. The van der Waals surface area contributed by atoms with E-state index in [4.69, 9.17) is 11.6 Å². The topological polar surface area (TPSA) is 51.2 Å². The van der Waals surface area contributed by atoms with Crippen LogP contribution < -0.4 is 0 Å². The summed E-state index contributed by atoms with van der Waals surface area (Å²) in [6, 6.07) is 0. The summed E-state index contributed by atoms with van der Waals surface area (Å²) in [6.07, 6.45) is 1.83. The highest BCUT2D eigenvalue weighted by Gasteiger charge is 2.33. The number of rotatable bonds is 1. The van der Waals surface area contributed by atoms with Gasteiger partial charge in [-0.05, 0) is 24.4 Å². The molecule has 1 atom stereocenters. The minimum atomic E-state index is -3.20. The first-order chi connectivity index (χ1) is 5.04. The van der Waals surface area contributed by atoms with Gasteiger partial charge in [0.2, 0.25) is 5.24 Å². The van der Waals surface area contributed by atoms with Crippen LogP contribution in [0.1, 0.15) is 19.3 Å². The maximum absolute atomic E-state index is 11.1. The Labute approximate surface area is 70.6 Å². The van der Waals surface area contributed by atoms with E-state index in [0.717, 1.165) is 6.42 Å². The van der Waals surface area contributed by atoms with Gasteiger partial charge in [0, 0.05) is 0 Å². The van der Waals surface area contributed by atoms with Crippen LogP contribution in [0, 0.1) is 0 Å². The molecule has 1 heterocycles. The molecule has 0 bridgehead atoms. The van der Waals surface area contributed by atoms with E-state index < -0.39 is 20.3 Å². The van der Waals surface area contributed by atoms with Gasteiger partial charge in [0.15, 0.2) is 9.84 Å². The van der Waals surface area contributed by atoms with Gasteiger partial charge >= 0.3 is 0 Å². The summed E-state index contributed by atoms with van der Waals surface area (Å²) in [7, 11) is -3.20. The van der Waals surface area contributed by atoms with Gasteiger partial charge in [0.05, 0.1) is 5.75 Å². The Morgan fingerprint density at radius 3 is 2.36 bits per heavy atom. The lowest BCUT2D eigenvalue weighted by atomic mass is 10.2. The molecule has 5 heteroatoms. The molecule has 0 aromatic carbocycles. The van der Waals surface area contributed by atoms with E-state index in [1.807, 2.05) is 0 Å². The first-order valence-electron chi connectivity index (χ1n) is 3.45. The van der Waals surface area contributed by atoms with E-state index in [1.54, 1.807) is 0 Å². The average molecular weight is 197 g/mol. The van der Waals surface area contributed by atoms with Gasteiger partial charge in [-0.3, -0.25) is 4.79 Å². The van der Waals surface area contributed by atoms with E-state index in [-0.39, 0.29) is 5.75 Å². The molecule has 0 N–H and O–H groups in total. The van der Waals surface area contributed by atoms with E-state index in [1.165, 1.54) is 0 Å². The fourth-order valence-corrected chi connectivity index (χ4v) is 3.42. The predicted octanol–water partition coefficient (Wildman–Crippen LogP) is 0.719. The van der Waals surface area contributed by atoms with Crippen LogP contribution in [0.3, 0.4) is 0 Å². The second kappa shape index (κ2) is 3.11. The Bertz CT molecular complexity index is 257. The van der Waals surface area contributed by atoms with Crippen molar-refractivity contribution in [1.29, 1.82) is 0 Å². The molecule has 0 saturated carbocycles. The van der Waals surface area contributed by atoms with Crippen molar-refractivity contribution >= 4 is 26.7 Å². The summed E-state index contributed by atoms with van der Waals surface area (Å²) in [6.45, 7) is 0. The number of carbonyl (C=O) groups is 1. The molecule has 11 heavy (non-hydrogen) atoms. The zero-order chi connectivity index (χ0) is 8.48. The summed E-state index contributed by atoms with van der Waals surface area (Å²) >= 11 is 5.12. The smallest absolute Gasteiger partial charge is 0.239 e. The number of halogens is 1. The molecule has 1 fully saturated rings. The van der Waals surface area contributed by atoms with Crippen molar-refractivity contribution in [3.8, 4) is 0 Å². The lowest BCUT2D eigenvalue weighted by Crippen LogP contribution is -2.32. The number of hydrogen-bond donors (Lipinski definition) is 0. The van der Waals surface area contributed by atoms with E-state index in [0.29, 0.717) is 12.8 Å². The average Bonchev–Trinajstić information content (AvgIpc) is 1.85. The van der Waals surface area contributed by atoms with Crippen molar-refractivity contribution in [3.05, 3.63) is 0 Å². The quantitative estimate of drug-likeness (QED) is 0.581. The molecule has 1 unspecified atom stereocenters. The van der Waals surface area contributed by atoms with Crippen molar-refractivity contribution in [1.82, 2.24) is 0 Å². The number of carbonyl (C=O) groups excluding carboxylic acids is 1. The van der Waals surface area contributed by atoms with Crippen molar-refractivity contribution in [2.45, 2.75) is 24.5 Å². The SMILES string of the molecule is O=C(Cl)C1CCCCS1(=O)=O. The molecule has 1 saturated heterocycles. The van der Waals surface area contributed by atoms with Gasteiger partial charge in [-0.2, -0.15) is 0 Å². The molecule has 64 valence electrons. The maximum atomic E-state index is 11.1. The first-order valence-corrected chi connectivity index (χ1v) is 5.54. The molecule has 0 radical (unpaired) electrons. The predicted molar refractivity (Wildman–Crippen MR) is 42.3 cm³/mol. The summed E-state index contributed by atoms with van der Waals surface area (Å²) in [5.74, 6) is 0.107. The maximum Gasteiger partial charge on any atom is 0.239 e. The first kappa shape index (κ1) is 9.00. The Morgan fingerprint density at radius 1 is 1.36 bits per heavy atom. The van der Waals surface area contributed by atoms with Crippen LogP contribution in [0.15, 0.2) is 0 Å². The van der Waals surface area contributed by atoms with Gasteiger partial charge < -0.3 is 0 Å². The molecule has 0 aromatic heterocycles. The lowest BCUT2D eigenvalue weighted by Gasteiger charge is -2.17. The van der Waals surface area contributed by atoms with Gasteiger partial charge in [0.25, 0.3) is 0 Å². The molecule has 1 aliphatic rings. The molecule has 1 rings (SSSR count). The lowest BCUT2D eigenvalue weighted by molar-refractivity contribution is -0.111. The van der Waals surface area contributed by atoms with Gasteiger partial charge in [-0.25, -0.2) is 8.42 Å². The van der Waals surface area contributed by atoms with E-state index in [2.05, 4.69) is 0 Å². The zero-order valence-corrected chi connectivity index (χ0v) is 7.49. The molecule has 0 spiro atoms. The standard InChI is InChI=1S/C6H9ClO3S/c7-6(8)5-3-1-2-4-11(5,9)10/h5H,1-4H2. The van der Waals surface area contributed by atoms with Crippen LogP contribution >= 0.6 is 11.6 Å². The van der Waals surface area contributed by atoms with Crippen LogP contribution in [-0.4, -0.2) is 24.7 Å². The van der Waals surface area contributed by atoms with Crippen LogP contribution in [0.5, 0.6) is 0 Å². The van der Waals surface area contributed by atoms with Gasteiger partial charge in [-0.15, -0.1) is 0 Å².